The van der Waals surface area contributed by atoms with Gasteiger partial charge in [-0.25, -0.2) is 13.8 Å². The molecule has 4 rings (SSSR count). The summed E-state index contributed by atoms with van der Waals surface area (Å²) < 4.78 is 81.7. The van der Waals surface area contributed by atoms with E-state index in [1.54, 1.807) is 0 Å². The number of aromatic amines is 1. The molecule has 0 aliphatic rings. The molecule has 0 saturated carbocycles. The van der Waals surface area contributed by atoms with Crippen LogP contribution in [-0.2, 0) is 22.4 Å². The van der Waals surface area contributed by atoms with Crippen molar-refractivity contribution in [2.75, 3.05) is 42.9 Å². The highest BCUT2D eigenvalue weighted by atomic mass is 19.4. The Morgan fingerprint density at radius 1 is 1.09 bits per heavy atom. The van der Waals surface area contributed by atoms with Crippen molar-refractivity contribution in [1.82, 2.24) is 15.2 Å². The number of ether oxygens (including phenoxy) is 2. The van der Waals surface area contributed by atoms with Crippen LogP contribution in [0.15, 0.2) is 54.9 Å². The van der Waals surface area contributed by atoms with Gasteiger partial charge in [-0.2, -0.15) is 18.3 Å². The molecule has 3 aromatic carbocycles. The molecule has 0 aliphatic heterocycles. The van der Waals surface area contributed by atoms with E-state index in [1.165, 1.54) is 50.6 Å². The number of hydrogen-bond donors (Lipinski definition) is 2. The molecule has 10 nitrogen and oxygen atoms in total. The van der Waals surface area contributed by atoms with Crippen LogP contribution < -0.4 is 24.6 Å². The summed E-state index contributed by atoms with van der Waals surface area (Å²) in [6.07, 6.45) is -3.25. The van der Waals surface area contributed by atoms with Crippen molar-refractivity contribution in [2.24, 2.45) is 0 Å². The molecule has 0 radical (unpaired) electrons. The fourth-order valence-corrected chi connectivity index (χ4v) is 4.21. The molecule has 226 valence electrons. The minimum Gasteiger partial charge on any atom is -0.493 e. The molecule has 0 saturated heterocycles. The van der Waals surface area contributed by atoms with E-state index in [-0.39, 0.29) is 52.1 Å². The lowest BCUT2D eigenvalue weighted by Gasteiger charge is -2.28. The minimum atomic E-state index is -4.85. The lowest BCUT2D eigenvalue weighted by atomic mass is 9.97. The molecule has 15 heteroatoms. The van der Waals surface area contributed by atoms with Gasteiger partial charge in [0.25, 0.3) is 0 Å². The second-order valence-electron chi connectivity index (χ2n) is 9.23. The second-order valence-corrected chi connectivity index (χ2v) is 9.23. The van der Waals surface area contributed by atoms with E-state index in [1.807, 2.05) is 0 Å². The number of hydrogen-bond acceptors (Lipinski definition) is 7. The monoisotopic (exact) mass is 604 g/mol. The summed E-state index contributed by atoms with van der Waals surface area (Å²) in [5.74, 6) is -2.28. The Bertz CT molecular complexity index is 1600. The molecule has 0 atom stereocenters. The van der Waals surface area contributed by atoms with Crippen molar-refractivity contribution in [1.29, 1.82) is 0 Å². The molecule has 0 aliphatic carbocycles. The molecule has 1 heterocycles. The zero-order valence-corrected chi connectivity index (χ0v) is 23.0. The van der Waals surface area contributed by atoms with Gasteiger partial charge in [0.1, 0.15) is 18.8 Å². The number of nitrogens with zero attached hydrogens (tertiary/aromatic N) is 4. The van der Waals surface area contributed by atoms with Crippen LogP contribution >= 0.6 is 0 Å². The summed E-state index contributed by atoms with van der Waals surface area (Å²) >= 11 is 0. The first-order chi connectivity index (χ1) is 20.4. The van der Waals surface area contributed by atoms with Gasteiger partial charge in [-0.05, 0) is 54.1 Å². The highest BCUT2D eigenvalue weighted by Crippen LogP contribution is 2.45. The Kier molecular flexibility index (Phi) is 9.12. The van der Waals surface area contributed by atoms with Crippen molar-refractivity contribution < 1.29 is 41.0 Å². The summed E-state index contributed by atoms with van der Waals surface area (Å²) in [6.45, 7) is -0.659. The number of methoxy groups -OCH3 is 1. The highest BCUT2D eigenvalue weighted by molar-refractivity contribution is 5.99. The smallest absolute Gasteiger partial charge is 0.416 e. The van der Waals surface area contributed by atoms with Crippen molar-refractivity contribution in [3.8, 4) is 22.6 Å². The summed E-state index contributed by atoms with van der Waals surface area (Å²) in [4.78, 5) is 30.8. The Labute approximate surface area is 242 Å². The SMILES string of the molecule is COc1cc(-c2cc(C(F)(F)F)cc(N(C)CC(=O)Nc3ccc(F)cc3)c2N(C)C=O)cc(F)c1OCc1ncn[nH]1. The van der Waals surface area contributed by atoms with Crippen LogP contribution in [-0.4, -0.2) is 55.2 Å². The van der Waals surface area contributed by atoms with Crippen LogP contribution in [0.1, 0.15) is 11.4 Å². The standard InChI is InChI=1S/C28H25F5N6O4/c1-38(12-25(41)36-19-6-4-18(29)5-7-19)22-11-17(28(31,32)33)10-20(26(22)39(2)15-40)16-8-21(30)27(23(9-16)42-3)43-13-24-34-14-35-37-24/h4-11,14-15H,12-13H2,1-3H3,(H,36,41)(H,34,35,37). The number of likely N-dealkylation sites (N-methyl/N-ethyl adjacent to an activating group) is 1. The first-order valence-electron chi connectivity index (χ1n) is 12.5. The summed E-state index contributed by atoms with van der Waals surface area (Å²) in [7, 11) is 3.88. The van der Waals surface area contributed by atoms with E-state index >= 15 is 4.39 Å². The molecule has 0 spiro atoms. The number of anilines is 3. The summed E-state index contributed by atoms with van der Waals surface area (Å²) in [6, 6.07) is 8.67. The second kappa shape index (κ2) is 12.8. The normalized spacial score (nSPS) is 11.2. The van der Waals surface area contributed by atoms with E-state index in [9.17, 15) is 27.2 Å². The Morgan fingerprint density at radius 2 is 1.81 bits per heavy atom. The lowest BCUT2D eigenvalue weighted by Crippen LogP contribution is -2.32. The number of rotatable bonds is 11. The maximum atomic E-state index is 15.4. The van der Waals surface area contributed by atoms with Gasteiger partial charge in [0.2, 0.25) is 12.3 Å². The predicted octanol–water partition coefficient (Wildman–Crippen LogP) is 5.02. The molecule has 1 aromatic heterocycles. The number of carbonyl (C=O) groups excluding carboxylic acids is 2. The largest absolute Gasteiger partial charge is 0.493 e. The molecule has 2 amide bonds. The maximum absolute atomic E-state index is 15.4. The van der Waals surface area contributed by atoms with E-state index in [4.69, 9.17) is 9.47 Å². The molecular formula is C28H25F5N6O4. The number of amides is 2. The Balaban J connectivity index is 1.79. The molecule has 4 aromatic rings. The third-order valence-electron chi connectivity index (χ3n) is 6.21. The van der Waals surface area contributed by atoms with E-state index in [0.29, 0.717) is 6.41 Å². The van der Waals surface area contributed by atoms with Crippen LogP contribution in [0.25, 0.3) is 11.1 Å². The first kappa shape index (κ1) is 30.7. The number of benzene rings is 3. The first-order valence-corrected chi connectivity index (χ1v) is 12.5. The summed E-state index contributed by atoms with van der Waals surface area (Å²) in [5, 5.41) is 8.75. The van der Waals surface area contributed by atoms with E-state index in [2.05, 4.69) is 20.5 Å². The van der Waals surface area contributed by atoms with Gasteiger partial charge in [0, 0.05) is 25.3 Å². The lowest BCUT2D eigenvalue weighted by molar-refractivity contribution is -0.137. The molecule has 0 bridgehead atoms. The number of halogens is 5. The van der Waals surface area contributed by atoms with Crippen LogP contribution in [0.3, 0.4) is 0 Å². The molecule has 0 unspecified atom stereocenters. The average molecular weight is 605 g/mol. The van der Waals surface area contributed by atoms with Gasteiger partial charge in [0.15, 0.2) is 23.1 Å². The number of alkyl halides is 3. The highest BCUT2D eigenvalue weighted by Gasteiger charge is 2.34. The minimum absolute atomic E-state index is 0.0446. The number of H-pyrrole nitrogens is 1. The van der Waals surface area contributed by atoms with Gasteiger partial charge in [-0.3, -0.25) is 14.7 Å². The third-order valence-corrected chi connectivity index (χ3v) is 6.21. The number of nitrogens with one attached hydrogen (secondary N) is 2. The van der Waals surface area contributed by atoms with E-state index < -0.39 is 35.8 Å². The van der Waals surface area contributed by atoms with Gasteiger partial charge in [0.05, 0.1) is 30.6 Å². The van der Waals surface area contributed by atoms with Crippen molar-refractivity contribution in [3.05, 3.63) is 77.9 Å². The quantitative estimate of drug-likeness (QED) is 0.183. The van der Waals surface area contributed by atoms with Gasteiger partial charge >= 0.3 is 6.18 Å². The van der Waals surface area contributed by atoms with Gasteiger partial charge in [-0.1, -0.05) is 0 Å². The molecule has 43 heavy (non-hydrogen) atoms. The Hall–Kier alpha value is -5.21. The van der Waals surface area contributed by atoms with Gasteiger partial charge < -0.3 is 24.6 Å². The fourth-order valence-electron chi connectivity index (χ4n) is 4.21. The van der Waals surface area contributed by atoms with Crippen molar-refractivity contribution in [2.45, 2.75) is 12.8 Å². The van der Waals surface area contributed by atoms with Gasteiger partial charge in [-0.15, -0.1) is 0 Å². The topological polar surface area (TPSA) is 113 Å². The fraction of sp³-hybridized carbons (Fsp3) is 0.214. The van der Waals surface area contributed by atoms with Crippen molar-refractivity contribution >= 4 is 29.4 Å². The average Bonchev–Trinajstić information content (AvgIpc) is 3.49. The molecule has 2 N–H and O–H groups in total. The van der Waals surface area contributed by atoms with Crippen LogP contribution in [0, 0.1) is 11.6 Å². The van der Waals surface area contributed by atoms with Crippen LogP contribution in [0.2, 0.25) is 0 Å². The molecular weight excluding hydrogens is 579 g/mol. The van der Waals surface area contributed by atoms with Crippen LogP contribution in [0.5, 0.6) is 11.5 Å². The zero-order valence-electron chi connectivity index (χ0n) is 23.0. The number of aromatic nitrogens is 3. The van der Waals surface area contributed by atoms with Crippen molar-refractivity contribution in [3.63, 3.8) is 0 Å². The summed E-state index contributed by atoms with van der Waals surface area (Å²) in [5.41, 5.74) is -1.29. The number of carbonyl (C=O) groups is 2. The zero-order chi connectivity index (χ0) is 31.3. The predicted molar refractivity (Wildman–Crippen MR) is 147 cm³/mol. The maximum Gasteiger partial charge on any atom is 0.416 e. The molecule has 0 fully saturated rings. The van der Waals surface area contributed by atoms with Crippen LogP contribution in [0.4, 0.5) is 39.0 Å². The Morgan fingerprint density at radius 3 is 2.42 bits per heavy atom. The third kappa shape index (κ3) is 7.17. The van der Waals surface area contributed by atoms with E-state index in [0.717, 1.165) is 35.2 Å².